The molecule has 1 aliphatic carbocycles. The molecule has 2 aromatic heterocycles. The van der Waals surface area contributed by atoms with Crippen LogP contribution in [-0.4, -0.2) is 49.2 Å². The lowest BCUT2D eigenvalue weighted by Crippen LogP contribution is -2.40. The number of ether oxygens (including phenoxy) is 1. The molecule has 0 bridgehead atoms. The minimum Gasteiger partial charge on any atom is -0.469 e. The Labute approximate surface area is 171 Å². The summed E-state index contributed by atoms with van der Waals surface area (Å²) in [5, 5.41) is 4.71. The lowest BCUT2D eigenvalue weighted by atomic mass is 10.0. The van der Waals surface area contributed by atoms with Crippen LogP contribution in [0, 0.1) is 5.92 Å². The first kappa shape index (κ1) is 19.5. The summed E-state index contributed by atoms with van der Waals surface area (Å²) >= 11 is 1.88. The second-order valence-corrected chi connectivity index (χ2v) is 8.86. The van der Waals surface area contributed by atoms with Crippen molar-refractivity contribution in [3.63, 3.8) is 0 Å². The fourth-order valence-electron chi connectivity index (χ4n) is 3.76. The molecule has 0 radical (unpaired) electrons. The number of aliphatic imine (C=N–C) groups is 1. The Kier molecular flexibility index (Phi) is 6.65. The lowest BCUT2D eigenvalue weighted by Gasteiger charge is -2.22. The lowest BCUT2D eigenvalue weighted by molar-refractivity contribution is 0.187. The Balaban J connectivity index is 1.38. The maximum absolute atomic E-state index is 5.50. The van der Waals surface area contributed by atoms with E-state index in [2.05, 4.69) is 17.3 Å². The van der Waals surface area contributed by atoms with Crippen molar-refractivity contribution in [2.75, 3.05) is 33.4 Å². The molecule has 0 amide bonds. The van der Waals surface area contributed by atoms with Gasteiger partial charge in [0.05, 0.1) is 25.1 Å². The second-order valence-electron chi connectivity index (χ2n) is 7.69. The van der Waals surface area contributed by atoms with Crippen molar-refractivity contribution < 1.29 is 9.15 Å². The third kappa shape index (κ3) is 5.14. The molecular weight excluding hydrogens is 372 g/mol. The number of rotatable bonds is 7. The zero-order valence-corrected chi connectivity index (χ0v) is 17.5. The number of nitrogens with zero attached hydrogens (tertiary/aromatic N) is 3. The van der Waals surface area contributed by atoms with Gasteiger partial charge in [-0.15, -0.1) is 11.3 Å². The van der Waals surface area contributed by atoms with Crippen LogP contribution < -0.4 is 5.32 Å². The zero-order chi connectivity index (χ0) is 19.2. The molecule has 0 aromatic carbocycles. The molecule has 1 saturated heterocycles. The normalized spacial score (nSPS) is 19.6. The largest absolute Gasteiger partial charge is 0.469 e. The minimum absolute atomic E-state index is 0.530. The summed E-state index contributed by atoms with van der Waals surface area (Å²) in [6.45, 7) is 4.09. The van der Waals surface area contributed by atoms with Gasteiger partial charge in [-0.25, -0.2) is 4.98 Å². The first-order valence-corrected chi connectivity index (χ1v) is 11.2. The van der Waals surface area contributed by atoms with Gasteiger partial charge in [-0.3, -0.25) is 4.99 Å². The van der Waals surface area contributed by atoms with E-state index in [1.165, 1.54) is 34.8 Å². The molecule has 0 saturated carbocycles. The van der Waals surface area contributed by atoms with E-state index >= 15 is 0 Å². The average molecular weight is 403 g/mol. The van der Waals surface area contributed by atoms with E-state index in [4.69, 9.17) is 19.1 Å². The van der Waals surface area contributed by atoms with Crippen LogP contribution in [0.25, 0.3) is 0 Å². The van der Waals surface area contributed by atoms with Crippen LogP contribution in [0.15, 0.2) is 27.8 Å². The van der Waals surface area contributed by atoms with E-state index in [9.17, 15) is 0 Å². The second kappa shape index (κ2) is 9.56. The number of thiazole rings is 1. The number of aryl methyl sites for hydroxylation is 2. The molecule has 152 valence electrons. The van der Waals surface area contributed by atoms with Gasteiger partial charge in [0, 0.05) is 44.0 Å². The highest BCUT2D eigenvalue weighted by Crippen LogP contribution is 2.27. The summed E-state index contributed by atoms with van der Waals surface area (Å²) in [6, 6.07) is 3.94. The van der Waals surface area contributed by atoms with Crippen LogP contribution in [0.2, 0.25) is 0 Å². The van der Waals surface area contributed by atoms with Gasteiger partial charge in [0.2, 0.25) is 0 Å². The van der Waals surface area contributed by atoms with E-state index in [0.29, 0.717) is 5.92 Å². The fraction of sp³-hybridized carbons (Fsp3) is 0.619. The van der Waals surface area contributed by atoms with Crippen molar-refractivity contribution >= 4 is 17.3 Å². The predicted molar refractivity (Wildman–Crippen MR) is 112 cm³/mol. The zero-order valence-electron chi connectivity index (χ0n) is 16.7. The molecule has 3 heterocycles. The van der Waals surface area contributed by atoms with Crippen molar-refractivity contribution in [2.24, 2.45) is 10.9 Å². The van der Waals surface area contributed by atoms with Gasteiger partial charge in [-0.1, -0.05) is 0 Å². The molecule has 1 aliphatic heterocycles. The first-order valence-electron chi connectivity index (χ1n) is 10.3. The Hall–Kier alpha value is -1.86. The van der Waals surface area contributed by atoms with Crippen LogP contribution in [0.4, 0.5) is 0 Å². The summed E-state index contributed by atoms with van der Waals surface area (Å²) in [6.07, 6.45) is 8.58. The van der Waals surface area contributed by atoms with Crippen LogP contribution in [-0.2, 0) is 30.5 Å². The monoisotopic (exact) mass is 402 g/mol. The summed E-state index contributed by atoms with van der Waals surface area (Å²) in [4.78, 5) is 13.5. The van der Waals surface area contributed by atoms with E-state index in [1.54, 1.807) is 6.26 Å². The van der Waals surface area contributed by atoms with Crippen LogP contribution in [0.3, 0.4) is 0 Å². The van der Waals surface area contributed by atoms with Gasteiger partial charge in [0.1, 0.15) is 10.8 Å². The Morgan fingerprint density at radius 3 is 3.11 bits per heavy atom. The number of furan rings is 1. The van der Waals surface area contributed by atoms with Gasteiger partial charge in [-0.2, -0.15) is 0 Å². The van der Waals surface area contributed by atoms with E-state index in [-0.39, 0.29) is 0 Å². The number of fused-ring (bicyclic) bond motifs is 1. The van der Waals surface area contributed by atoms with E-state index in [0.717, 1.165) is 63.8 Å². The fourth-order valence-corrected chi connectivity index (χ4v) is 4.97. The van der Waals surface area contributed by atoms with Crippen LogP contribution in [0.5, 0.6) is 0 Å². The number of aromatic nitrogens is 1. The highest BCUT2D eigenvalue weighted by atomic mass is 32.1. The SMILES string of the molecule is CN(Cc1nc2c(s1)CCCC2)C(=NCC1CCOC1)NCCc1ccco1. The van der Waals surface area contributed by atoms with Gasteiger partial charge in [-0.05, 0) is 44.2 Å². The standard InChI is InChI=1S/C21H30N4O2S/c1-25(14-20-24-18-6-2-3-7-19(18)28-20)21(23-13-16-9-12-26-15-16)22-10-8-17-5-4-11-27-17/h4-5,11,16H,2-3,6-10,12-15H2,1H3,(H,22,23). The average Bonchev–Trinajstić information content (AvgIpc) is 3.45. The Bertz CT molecular complexity index is 742. The Morgan fingerprint density at radius 2 is 2.32 bits per heavy atom. The third-order valence-corrected chi connectivity index (χ3v) is 6.52. The number of hydrogen-bond donors (Lipinski definition) is 1. The smallest absolute Gasteiger partial charge is 0.194 e. The highest BCUT2D eigenvalue weighted by molar-refractivity contribution is 7.11. The molecule has 2 aliphatic rings. The van der Waals surface area contributed by atoms with E-state index < -0.39 is 0 Å². The molecule has 2 aromatic rings. The molecule has 1 N–H and O–H groups in total. The van der Waals surface area contributed by atoms with Gasteiger partial charge in [0.15, 0.2) is 5.96 Å². The first-order chi connectivity index (χ1) is 13.8. The summed E-state index contributed by atoms with van der Waals surface area (Å²) in [5.74, 6) is 2.46. The van der Waals surface area contributed by atoms with Crippen LogP contribution >= 0.6 is 11.3 Å². The quantitative estimate of drug-likeness (QED) is 0.569. The minimum atomic E-state index is 0.530. The Morgan fingerprint density at radius 1 is 1.39 bits per heavy atom. The molecule has 1 unspecified atom stereocenters. The summed E-state index contributed by atoms with van der Waals surface area (Å²) < 4.78 is 10.9. The van der Waals surface area contributed by atoms with Gasteiger partial charge >= 0.3 is 0 Å². The molecular formula is C21H30N4O2S. The molecule has 6 nitrogen and oxygen atoms in total. The van der Waals surface area contributed by atoms with Crippen molar-refractivity contribution in [1.82, 2.24) is 15.2 Å². The topological polar surface area (TPSA) is 62.9 Å². The highest BCUT2D eigenvalue weighted by Gasteiger charge is 2.18. The molecule has 1 atom stereocenters. The van der Waals surface area contributed by atoms with Crippen molar-refractivity contribution in [2.45, 2.75) is 45.1 Å². The van der Waals surface area contributed by atoms with Gasteiger partial charge in [0.25, 0.3) is 0 Å². The van der Waals surface area contributed by atoms with Gasteiger partial charge < -0.3 is 19.4 Å². The molecule has 1 fully saturated rings. The van der Waals surface area contributed by atoms with E-state index in [1.807, 2.05) is 23.5 Å². The molecule has 4 rings (SSSR count). The van der Waals surface area contributed by atoms with Crippen molar-refractivity contribution in [3.05, 3.63) is 39.7 Å². The predicted octanol–water partition coefficient (Wildman–Crippen LogP) is 3.27. The molecule has 0 spiro atoms. The number of guanidine groups is 1. The maximum atomic E-state index is 5.50. The number of nitrogens with one attached hydrogen (secondary N) is 1. The number of hydrogen-bond acceptors (Lipinski definition) is 5. The summed E-state index contributed by atoms with van der Waals surface area (Å²) in [5.41, 5.74) is 1.33. The maximum Gasteiger partial charge on any atom is 0.194 e. The molecule has 7 heteroatoms. The summed E-state index contributed by atoms with van der Waals surface area (Å²) in [7, 11) is 2.10. The third-order valence-electron chi connectivity index (χ3n) is 5.38. The van der Waals surface area contributed by atoms with Crippen molar-refractivity contribution in [1.29, 1.82) is 0 Å². The molecule has 28 heavy (non-hydrogen) atoms. The van der Waals surface area contributed by atoms with Crippen molar-refractivity contribution in [3.8, 4) is 0 Å². The van der Waals surface area contributed by atoms with Crippen LogP contribution in [0.1, 0.15) is 40.6 Å².